The van der Waals surface area contributed by atoms with Crippen molar-refractivity contribution < 1.29 is 13.1 Å². The summed E-state index contributed by atoms with van der Waals surface area (Å²) in [6.07, 6.45) is 1.09. The van der Waals surface area contributed by atoms with Crippen LogP contribution in [-0.2, 0) is 9.84 Å². The zero-order valence-corrected chi connectivity index (χ0v) is 12.9. The number of aromatic nitrogens is 1. The maximum absolute atomic E-state index is 12.3. The van der Waals surface area contributed by atoms with Crippen LogP contribution in [0.5, 0.6) is 0 Å². The fourth-order valence-corrected chi connectivity index (χ4v) is 3.58. The Labute approximate surface area is 131 Å². The van der Waals surface area contributed by atoms with Gasteiger partial charge in [0.2, 0.25) is 0 Å². The zero-order valence-electron chi connectivity index (χ0n) is 9.83. The summed E-state index contributed by atoms with van der Waals surface area (Å²) in [6, 6.07) is 8.31. The van der Waals surface area contributed by atoms with Crippen LogP contribution in [0.3, 0.4) is 0 Å². The standard InChI is InChI=1S/C12H8Cl3NO3S/c13-9-5-4-8(7-10(9)14)12(15)20(18,19)11-3-1-2-6-16(11)17/h1-7,12H. The lowest BCUT2D eigenvalue weighted by atomic mass is 10.2. The van der Waals surface area contributed by atoms with Gasteiger partial charge in [0.05, 0.1) is 10.0 Å². The molecule has 8 heteroatoms. The summed E-state index contributed by atoms with van der Waals surface area (Å²) in [4.78, 5) is 0. The van der Waals surface area contributed by atoms with Crippen LogP contribution in [0.4, 0.5) is 0 Å². The lowest BCUT2D eigenvalue weighted by molar-refractivity contribution is -0.646. The molecule has 20 heavy (non-hydrogen) atoms. The van der Waals surface area contributed by atoms with E-state index in [0.717, 1.165) is 6.20 Å². The Balaban J connectivity index is 2.49. The van der Waals surface area contributed by atoms with E-state index in [9.17, 15) is 13.6 Å². The van der Waals surface area contributed by atoms with E-state index in [0.29, 0.717) is 0 Å². The number of rotatable bonds is 3. The number of halogens is 3. The van der Waals surface area contributed by atoms with Crippen molar-refractivity contribution in [3.63, 3.8) is 0 Å². The maximum Gasteiger partial charge on any atom is 0.310 e. The van der Waals surface area contributed by atoms with Crippen molar-refractivity contribution in [3.05, 3.63) is 63.4 Å². The number of nitrogens with zero attached hydrogens (tertiary/aromatic N) is 1. The summed E-state index contributed by atoms with van der Waals surface area (Å²) in [6.45, 7) is 0. The molecule has 1 heterocycles. The van der Waals surface area contributed by atoms with Crippen molar-refractivity contribution in [2.75, 3.05) is 0 Å². The zero-order chi connectivity index (χ0) is 14.9. The summed E-state index contributed by atoms with van der Waals surface area (Å²) in [5, 5.41) is 11.6. The third-order valence-corrected chi connectivity index (χ3v) is 5.97. The molecule has 106 valence electrons. The number of pyridine rings is 1. The largest absolute Gasteiger partial charge is 0.618 e. The third kappa shape index (κ3) is 2.86. The molecule has 0 aliphatic carbocycles. The van der Waals surface area contributed by atoms with Gasteiger partial charge in [0, 0.05) is 12.1 Å². The molecule has 2 aromatic rings. The van der Waals surface area contributed by atoms with E-state index < -0.39 is 19.6 Å². The molecule has 0 bridgehead atoms. The molecule has 0 saturated carbocycles. The minimum absolute atomic E-state index is 0.188. The molecule has 0 aliphatic heterocycles. The van der Waals surface area contributed by atoms with Gasteiger partial charge in [-0.2, -0.15) is 4.73 Å². The minimum atomic E-state index is -4.04. The summed E-state index contributed by atoms with van der Waals surface area (Å²) in [7, 11) is -4.04. The maximum atomic E-state index is 12.3. The Morgan fingerprint density at radius 3 is 2.40 bits per heavy atom. The number of alkyl halides is 1. The van der Waals surface area contributed by atoms with Gasteiger partial charge in [0.1, 0.15) is 0 Å². The van der Waals surface area contributed by atoms with Gasteiger partial charge in [0.25, 0.3) is 9.84 Å². The highest BCUT2D eigenvalue weighted by Gasteiger charge is 2.33. The summed E-state index contributed by atoms with van der Waals surface area (Å²) >= 11 is 17.6. The van der Waals surface area contributed by atoms with Crippen molar-refractivity contribution in [3.8, 4) is 0 Å². The molecule has 4 nitrogen and oxygen atoms in total. The summed E-state index contributed by atoms with van der Waals surface area (Å²) in [5.41, 5.74) is 0.241. The van der Waals surface area contributed by atoms with Crippen molar-refractivity contribution in [1.29, 1.82) is 0 Å². The number of hydrogen-bond acceptors (Lipinski definition) is 3. The number of sulfone groups is 1. The highest BCUT2D eigenvalue weighted by molar-refractivity contribution is 7.92. The molecule has 0 saturated heterocycles. The van der Waals surface area contributed by atoms with Gasteiger partial charge in [-0.05, 0) is 23.8 Å². The second-order valence-electron chi connectivity index (χ2n) is 3.90. The molecule has 1 atom stereocenters. The molecule has 0 aliphatic rings. The minimum Gasteiger partial charge on any atom is -0.618 e. The van der Waals surface area contributed by atoms with E-state index in [2.05, 4.69) is 0 Å². The van der Waals surface area contributed by atoms with Gasteiger partial charge < -0.3 is 5.21 Å². The van der Waals surface area contributed by atoms with E-state index >= 15 is 0 Å². The molecular formula is C12H8Cl3NO3S. The quantitative estimate of drug-likeness (QED) is 0.483. The fraction of sp³-hybridized carbons (Fsp3) is 0.0833. The van der Waals surface area contributed by atoms with E-state index in [1.807, 2.05) is 0 Å². The number of benzene rings is 1. The summed E-state index contributed by atoms with van der Waals surface area (Å²) in [5.74, 6) is 0. The highest BCUT2D eigenvalue weighted by Crippen LogP contribution is 2.34. The Morgan fingerprint density at radius 1 is 1.10 bits per heavy atom. The molecule has 0 amide bonds. The van der Waals surface area contributed by atoms with E-state index in [-0.39, 0.29) is 20.3 Å². The van der Waals surface area contributed by atoms with Crippen molar-refractivity contribution in [2.45, 2.75) is 9.74 Å². The monoisotopic (exact) mass is 351 g/mol. The first-order valence-electron chi connectivity index (χ1n) is 5.35. The van der Waals surface area contributed by atoms with Crippen molar-refractivity contribution in [1.82, 2.24) is 0 Å². The average molecular weight is 353 g/mol. The summed E-state index contributed by atoms with van der Waals surface area (Å²) < 4.78 is 23.5. The highest BCUT2D eigenvalue weighted by atomic mass is 35.5. The van der Waals surface area contributed by atoms with Crippen LogP contribution in [0.2, 0.25) is 10.0 Å². The Morgan fingerprint density at radius 2 is 1.80 bits per heavy atom. The first-order chi connectivity index (χ1) is 9.34. The molecule has 0 radical (unpaired) electrons. The molecule has 0 spiro atoms. The molecular weight excluding hydrogens is 345 g/mol. The predicted molar refractivity (Wildman–Crippen MR) is 77.6 cm³/mol. The van der Waals surface area contributed by atoms with Crippen LogP contribution in [-0.4, -0.2) is 8.42 Å². The lowest BCUT2D eigenvalue weighted by Gasteiger charge is -2.11. The average Bonchev–Trinajstić information content (AvgIpc) is 2.41. The molecule has 2 rings (SSSR count). The first kappa shape index (κ1) is 15.4. The van der Waals surface area contributed by atoms with Crippen LogP contribution in [0, 0.1) is 5.21 Å². The van der Waals surface area contributed by atoms with Crippen LogP contribution in [0.15, 0.2) is 47.6 Å². The molecule has 0 N–H and O–H groups in total. The predicted octanol–water partition coefficient (Wildman–Crippen LogP) is 3.34. The third-order valence-electron chi connectivity index (χ3n) is 2.56. The van der Waals surface area contributed by atoms with Crippen molar-refractivity contribution >= 4 is 44.6 Å². The first-order valence-corrected chi connectivity index (χ1v) is 8.09. The van der Waals surface area contributed by atoms with E-state index in [1.165, 1.54) is 36.4 Å². The second-order valence-corrected chi connectivity index (χ2v) is 7.39. The second kappa shape index (κ2) is 5.77. The van der Waals surface area contributed by atoms with Gasteiger partial charge >= 0.3 is 5.03 Å². The smallest absolute Gasteiger partial charge is 0.310 e. The Hall–Kier alpha value is -1.01. The van der Waals surface area contributed by atoms with Gasteiger partial charge in [-0.15, -0.1) is 0 Å². The van der Waals surface area contributed by atoms with Crippen LogP contribution in [0.1, 0.15) is 10.3 Å². The van der Waals surface area contributed by atoms with Gasteiger partial charge in [0.15, 0.2) is 10.9 Å². The van der Waals surface area contributed by atoms with Crippen molar-refractivity contribution in [2.24, 2.45) is 0 Å². The molecule has 1 unspecified atom stereocenters. The molecule has 1 aromatic carbocycles. The Bertz CT molecular complexity index is 749. The van der Waals surface area contributed by atoms with Crippen LogP contribution < -0.4 is 4.73 Å². The SMILES string of the molecule is O=S(=O)(c1cccc[n+]1[O-])C(Cl)c1ccc(Cl)c(Cl)c1. The van der Waals surface area contributed by atoms with Crippen LogP contribution in [0.25, 0.3) is 0 Å². The fourth-order valence-electron chi connectivity index (χ4n) is 1.57. The lowest BCUT2D eigenvalue weighted by Crippen LogP contribution is -2.34. The van der Waals surface area contributed by atoms with E-state index in [4.69, 9.17) is 34.8 Å². The molecule has 0 fully saturated rings. The normalized spacial score (nSPS) is 13.2. The molecule has 1 aromatic heterocycles. The van der Waals surface area contributed by atoms with Gasteiger partial charge in [-0.1, -0.05) is 40.9 Å². The van der Waals surface area contributed by atoms with Crippen LogP contribution >= 0.6 is 34.8 Å². The van der Waals surface area contributed by atoms with Gasteiger partial charge in [-0.25, -0.2) is 8.42 Å². The Kier molecular flexibility index (Phi) is 4.44. The van der Waals surface area contributed by atoms with E-state index in [1.54, 1.807) is 0 Å². The number of hydrogen-bond donors (Lipinski definition) is 0. The topological polar surface area (TPSA) is 61.1 Å². The van der Waals surface area contributed by atoms with Gasteiger partial charge in [-0.3, -0.25) is 0 Å².